The second-order valence-electron chi connectivity index (χ2n) is 8.65. The van der Waals surface area contributed by atoms with Crippen molar-refractivity contribution in [3.8, 4) is 0 Å². The highest BCUT2D eigenvalue weighted by Crippen LogP contribution is 2.50. The maximum Gasteiger partial charge on any atom is 0.255 e. The average Bonchev–Trinajstić information content (AvgIpc) is 3.12. The Labute approximate surface area is 184 Å². The minimum absolute atomic E-state index is 0.130. The summed E-state index contributed by atoms with van der Waals surface area (Å²) in [5.74, 6) is 0.691. The van der Waals surface area contributed by atoms with Crippen molar-refractivity contribution in [2.24, 2.45) is 4.99 Å². The van der Waals surface area contributed by atoms with Gasteiger partial charge in [-0.2, -0.15) is 4.98 Å². The van der Waals surface area contributed by atoms with Gasteiger partial charge in [-0.15, -0.1) is 0 Å². The van der Waals surface area contributed by atoms with Gasteiger partial charge in [0.25, 0.3) is 11.8 Å². The van der Waals surface area contributed by atoms with Gasteiger partial charge in [0.15, 0.2) is 6.04 Å². The topological polar surface area (TPSA) is 93.3 Å². The number of hydrogen-bond donors (Lipinski definition) is 0. The Morgan fingerprint density at radius 3 is 2.81 bits per heavy atom. The Morgan fingerprint density at radius 2 is 2.10 bits per heavy atom. The van der Waals surface area contributed by atoms with Gasteiger partial charge in [-0.25, -0.2) is 0 Å². The van der Waals surface area contributed by atoms with E-state index in [0.29, 0.717) is 29.0 Å². The zero-order valence-electron chi connectivity index (χ0n) is 17.2. The van der Waals surface area contributed by atoms with Crippen LogP contribution < -0.4 is 9.80 Å². The smallest absolute Gasteiger partial charge is 0.255 e. The van der Waals surface area contributed by atoms with Crippen LogP contribution in [0.1, 0.15) is 50.4 Å². The number of aromatic nitrogens is 2. The van der Waals surface area contributed by atoms with Crippen molar-refractivity contribution in [3.63, 3.8) is 0 Å². The molecule has 1 saturated heterocycles. The summed E-state index contributed by atoms with van der Waals surface area (Å²) in [6.45, 7) is 2.56. The molecule has 0 radical (unpaired) electrons. The van der Waals surface area contributed by atoms with Gasteiger partial charge in [-0.3, -0.25) is 14.7 Å². The standard InChI is InChI=1S/C21H22ClN5O4/c1-20(6-3-9-30-20)27-14-10-12(22)4-5-13(14)26-11-23-15(16(26)18(27)28)17-24-19(25-31-17)21(29-2)7-8-21/h4-5,10-11,15-16H,3,6-9H2,1-2H3. The van der Waals surface area contributed by atoms with Crippen LogP contribution in [0.4, 0.5) is 11.4 Å². The fourth-order valence-electron chi connectivity index (χ4n) is 4.86. The van der Waals surface area contributed by atoms with Crippen LogP contribution in [0.2, 0.25) is 5.02 Å². The molecular weight excluding hydrogens is 422 g/mol. The number of hydrogen-bond acceptors (Lipinski definition) is 8. The van der Waals surface area contributed by atoms with Crippen LogP contribution in [-0.4, -0.2) is 47.9 Å². The summed E-state index contributed by atoms with van der Waals surface area (Å²) >= 11 is 6.30. The SMILES string of the molecule is COC1(c2noc(C3N=CN4c5ccc(Cl)cc5N(C5(C)CCCO5)C(=O)C34)n2)CC1. The van der Waals surface area contributed by atoms with E-state index < -0.39 is 23.4 Å². The first-order valence-electron chi connectivity index (χ1n) is 10.4. The van der Waals surface area contributed by atoms with Gasteiger partial charge in [-0.1, -0.05) is 16.8 Å². The lowest BCUT2D eigenvalue weighted by Crippen LogP contribution is -2.60. The average molecular weight is 444 g/mol. The first-order valence-corrected chi connectivity index (χ1v) is 10.8. The van der Waals surface area contributed by atoms with Crippen LogP contribution in [0.25, 0.3) is 0 Å². The minimum atomic E-state index is -0.746. The van der Waals surface area contributed by atoms with Crippen molar-refractivity contribution in [1.29, 1.82) is 0 Å². The summed E-state index contributed by atoms with van der Waals surface area (Å²) in [5, 5.41) is 4.68. The Balaban J connectivity index is 1.42. The van der Waals surface area contributed by atoms with E-state index >= 15 is 0 Å². The Morgan fingerprint density at radius 1 is 1.26 bits per heavy atom. The summed E-state index contributed by atoms with van der Waals surface area (Å²) in [7, 11) is 1.64. The van der Waals surface area contributed by atoms with E-state index in [4.69, 9.17) is 25.6 Å². The molecule has 2 fully saturated rings. The number of ether oxygens (including phenoxy) is 2. The van der Waals surface area contributed by atoms with E-state index in [-0.39, 0.29) is 5.91 Å². The van der Waals surface area contributed by atoms with E-state index in [0.717, 1.165) is 31.4 Å². The number of carbonyl (C=O) groups excluding carboxylic acids is 1. The molecule has 1 saturated carbocycles. The molecule has 1 amide bonds. The molecule has 31 heavy (non-hydrogen) atoms. The van der Waals surface area contributed by atoms with Gasteiger partial charge in [0.1, 0.15) is 17.4 Å². The maximum atomic E-state index is 13.9. The quantitative estimate of drug-likeness (QED) is 0.716. The number of nitrogens with zero attached hydrogens (tertiary/aromatic N) is 5. The van der Waals surface area contributed by atoms with Crippen LogP contribution in [-0.2, 0) is 19.9 Å². The normalized spacial score (nSPS) is 30.6. The first-order chi connectivity index (χ1) is 15.0. The molecule has 3 atom stereocenters. The molecule has 6 rings (SSSR count). The van der Waals surface area contributed by atoms with E-state index in [1.165, 1.54) is 0 Å². The molecule has 1 aromatic heterocycles. The molecule has 3 aliphatic heterocycles. The number of anilines is 2. The third kappa shape index (κ3) is 2.69. The number of fused-ring (bicyclic) bond motifs is 3. The monoisotopic (exact) mass is 443 g/mol. The Kier molecular flexibility index (Phi) is 4.03. The van der Waals surface area contributed by atoms with Crippen LogP contribution in [0.15, 0.2) is 27.7 Å². The lowest BCUT2D eigenvalue weighted by atomic mass is 9.97. The Bertz CT molecular complexity index is 1090. The largest absolute Gasteiger partial charge is 0.370 e. The molecule has 0 N–H and O–H groups in total. The number of halogens is 1. The van der Waals surface area contributed by atoms with Gasteiger partial charge in [-0.05, 0) is 50.8 Å². The second-order valence-corrected chi connectivity index (χ2v) is 9.09. The van der Waals surface area contributed by atoms with Crippen LogP contribution in [0, 0.1) is 0 Å². The predicted octanol–water partition coefficient (Wildman–Crippen LogP) is 3.19. The molecular formula is C21H22ClN5O4. The molecule has 3 unspecified atom stereocenters. The highest BCUT2D eigenvalue weighted by Gasteiger charge is 2.54. The molecule has 4 heterocycles. The summed E-state index contributed by atoms with van der Waals surface area (Å²) in [6, 6.07) is 4.27. The van der Waals surface area contributed by atoms with Crippen molar-refractivity contribution in [2.75, 3.05) is 23.5 Å². The summed E-state index contributed by atoms with van der Waals surface area (Å²) in [4.78, 5) is 26.6. The molecule has 9 nitrogen and oxygen atoms in total. The first kappa shape index (κ1) is 19.2. The summed E-state index contributed by atoms with van der Waals surface area (Å²) in [5.41, 5.74) is 0.338. The highest BCUT2D eigenvalue weighted by atomic mass is 35.5. The van der Waals surface area contributed by atoms with E-state index in [2.05, 4.69) is 15.1 Å². The number of benzene rings is 1. The van der Waals surface area contributed by atoms with Crippen LogP contribution >= 0.6 is 11.6 Å². The van der Waals surface area contributed by atoms with E-state index in [9.17, 15) is 4.79 Å². The van der Waals surface area contributed by atoms with Gasteiger partial charge in [0.05, 0.1) is 17.7 Å². The van der Waals surface area contributed by atoms with Gasteiger partial charge < -0.3 is 18.9 Å². The fraction of sp³-hybridized carbons (Fsp3) is 0.524. The lowest BCUT2D eigenvalue weighted by molar-refractivity contribution is -0.125. The summed E-state index contributed by atoms with van der Waals surface area (Å²) < 4.78 is 17.2. The number of amides is 1. The molecule has 1 aromatic carbocycles. The number of methoxy groups -OCH3 is 1. The van der Waals surface area contributed by atoms with Gasteiger partial charge in [0, 0.05) is 18.7 Å². The minimum Gasteiger partial charge on any atom is -0.370 e. The summed E-state index contributed by atoms with van der Waals surface area (Å²) in [6.07, 6.45) is 4.99. The van der Waals surface area contributed by atoms with Crippen LogP contribution in [0.3, 0.4) is 0 Å². The van der Waals surface area contributed by atoms with Crippen molar-refractivity contribution < 1.29 is 18.8 Å². The van der Waals surface area contributed by atoms with Crippen molar-refractivity contribution in [2.45, 2.75) is 56.0 Å². The third-order valence-electron chi connectivity index (χ3n) is 6.75. The third-order valence-corrected chi connectivity index (χ3v) is 6.98. The highest BCUT2D eigenvalue weighted by molar-refractivity contribution is 6.31. The molecule has 2 aromatic rings. The predicted molar refractivity (Wildman–Crippen MR) is 112 cm³/mol. The zero-order chi connectivity index (χ0) is 21.4. The molecule has 1 aliphatic carbocycles. The number of carbonyl (C=O) groups is 1. The zero-order valence-corrected chi connectivity index (χ0v) is 18.0. The lowest BCUT2D eigenvalue weighted by Gasteiger charge is -2.45. The number of rotatable bonds is 4. The molecule has 0 spiro atoms. The van der Waals surface area contributed by atoms with Crippen molar-refractivity contribution in [3.05, 3.63) is 34.9 Å². The van der Waals surface area contributed by atoms with E-state index in [1.807, 2.05) is 24.0 Å². The number of aliphatic imine (C=N–C) groups is 1. The molecule has 10 heteroatoms. The molecule has 0 bridgehead atoms. The molecule has 4 aliphatic rings. The maximum absolute atomic E-state index is 13.9. The fourth-order valence-corrected chi connectivity index (χ4v) is 5.03. The molecule has 162 valence electrons. The van der Waals surface area contributed by atoms with Crippen LogP contribution in [0.5, 0.6) is 0 Å². The van der Waals surface area contributed by atoms with Crippen molar-refractivity contribution in [1.82, 2.24) is 10.1 Å². The Hall–Kier alpha value is -2.49. The second kappa shape index (κ2) is 6.51. The van der Waals surface area contributed by atoms with E-state index in [1.54, 1.807) is 24.4 Å². The van der Waals surface area contributed by atoms with Gasteiger partial charge in [0.2, 0.25) is 5.82 Å². The van der Waals surface area contributed by atoms with Crippen molar-refractivity contribution >= 4 is 35.2 Å². The van der Waals surface area contributed by atoms with Gasteiger partial charge >= 0.3 is 0 Å².